The number of benzene rings is 2. The van der Waals surface area contributed by atoms with Crippen LogP contribution < -0.4 is 0 Å². The van der Waals surface area contributed by atoms with Crippen LogP contribution in [0, 0.1) is 27.7 Å². The largest absolute Gasteiger partial charge is 0.508 e. The molecule has 0 aliphatic heterocycles. The molecule has 0 bridgehead atoms. The monoisotopic (exact) mass is 242 g/mol. The minimum Gasteiger partial charge on any atom is -0.508 e. The van der Waals surface area contributed by atoms with E-state index in [2.05, 4.69) is 0 Å². The molecule has 0 heterocycles. The van der Waals surface area contributed by atoms with E-state index in [0.29, 0.717) is 11.5 Å². The van der Waals surface area contributed by atoms with Gasteiger partial charge in [0.25, 0.3) is 0 Å². The van der Waals surface area contributed by atoms with Gasteiger partial charge in [-0.1, -0.05) is 0 Å². The summed E-state index contributed by atoms with van der Waals surface area (Å²) >= 11 is 0. The smallest absolute Gasteiger partial charge is 0.118 e. The van der Waals surface area contributed by atoms with E-state index in [1.807, 2.05) is 39.8 Å². The molecule has 0 radical (unpaired) electrons. The average Bonchev–Trinajstić information content (AvgIpc) is 2.29. The summed E-state index contributed by atoms with van der Waals surface area (Å²) in [6.07, 6.45) is 0. The van der Waals surface area contributed by atoms with Crippen molar-refractivity contribution in [1.82, 2.24) is 0 Å². The van der Waals surface area contributed by atoms with Crippen molar-refractivity contribution in [2.75, 3.05) is 0 Å². The predicted molar refractivity (Wildman–Crippen MR) is 74.2 cm³/mol. The molecule has 0 spiro atoms. The molecular weight excluding hydrogens is 224 g/mol. The molecule has 2 nitrogen and oxygen atoms in total. The Kier molecular flexibility index (Phi) is 3.04. The van der Waals surface area contributed by atoms with Crippen LogP contribution in [0.3, 0.4) is 0 Å². The highest BCUT2D eigenvalue weighted by molar-refractivity contribution is 5.73. The fraction of sp³-hybridized carbons (Fsp3) is 0.250. The Morgan fingerprint density at radius 1 is 0.556 bits per heavy atom. The molecule has 0 aliphatic rings. The maximum Gasteiger partial charge on any atom is 0.118 e. The zero-order valence-corrected chi connectivity index (χ0v) is 11.2. The first-order valence-corrected chi connectivity index (χ1v) is 6.01. The summed E-state index contributed by atoms with van der Waals surface area (Å²) in [5, 5.41) is 19.4. The SMILES string of the molecule is Cc1cc(-c2cc(C)c(O)cc2C)c(C)cc1O. The second-order valence-corrected chi connectivity index (χ2v) is 4.91. The first-order valence-electron chi connectivity index (χ1n) is 6.01. The van der Waals surface area contributed by atoms with Gasteiger partial charge in [-0.05, 0) is 85.3 Å². The second-order valence-electron chi connectivity index (χ2n) is 4.91. The predicted octanol–water partition coefficient (Wildman–Crippen LogP) is 4.00. The summed E-state index contributed by atoms with van der Waals surface area (Å²) in [4.78, 5) is 0. The molecule has 0 unspecified atom stereocenters. The normalized spacial score (nSPS) is 10.7. The standard InChI is InChI=1S/C16H18O2/c1-9-7-15(17)11(3)5-13(9)14-6-12(4)16(18)8-10(14)2/h5-8,17-18H,1-4H3. The van der Waals surface area contributed by atoms with Gasteiger partial charge in [-0.15, -0.1) is 0 Å². The molecule has 0 aromatic heterocycles. The lowest BCUT2D eigenvalue weighted by molar-refractivity contribution is 0.470. The summed E-state index contributed by atoms with van der Waals surface area (Å²) in [7, 11) is 0. The summed E-state index contributed by atoms with van der Waals surface area (Å²) in [5.41, 5.74) is 6.00. The molecule has 0 saturated carbocycles. The van der Waals surface area contributed by atoms with Crippen LogP contribution in [0.25, 0.3) is 11.1 Å². The molecule has 94 valence electrons. The fourth-order valence-corrected chi connectivity index (χ4v) is 2.18. The van der Waals surface area contributed by atoms with Crippen LogP contribution in [0.15, 0.2) is 24.3 Å². The Morgan fingerprint density at radius 3 is 1.22 bits per heavy atom. The van der Waals surface area contributed by atoms with E-state index in [-0.39, 0.29) is 0 Å². The van der Waals surface area contributed by atoms with Crippen LogP contribution >= 0.6 is 0 Å². The Labute approximate surface area is 108 Å². The van der Waals surface area contributed by atoms with Crippen molar-refractivity contribution in [3.05, 3.63) is 46.5 Å². The third-order valence-corrected chi connectivity index (χ3v) is 3.38. The number of hydrogen-bond donors (Lipinski definition) is 2. The van der Waals surface area contributed by atoms with E-state index in [0.717, 1.165) is 33.4 Å². The maximum atomic E-state index is 9.70. The van der Waals surface area contributed by atoms with Gasteiger partial charge in [0.2, 0.25) is 0 Å². The maximum absolute atomic E-state index is 9.70. The Morgan fingerprint density at radius 2 is 0.889 bits per heavy atom. The number of hydrogen-bond acceptors (Lipinski definition) is 2. The average molecular weight is 242 g/mol. The van der Waals surface area contributed by atoms with Crippen molar-refractivity contribution < 1.29 is 10.2 Å². The van der Waals surface area contributed by atoms with Gasteiger partial charge >= 0.3 is 0 Å². The van der Waals surface area contributed by atoms with E-state index in [4.69, 9.17) is 0 Å². The number of phenolic OH excluding ortho intramolecular Hbond substituents is 2. The van der Waals surface area contributed by atoms with E-state index in [9.17, 15) is 10.2 Å². The Hall–Kier alpha value is -1.96. The van der Waals surface area contributed by atoms with Crippen LogP contribution in [0.1, 0.15) is 22.3 Å². The molecule has 0 fully saturated rings. The fourth-order valence-electron chi connectivity index (χ4n) is 2.18. The minimum atomic E-state index is 0.324. The van der Waals surface area contributed by atoms with E-state index >= 15 is 0 Å². The third-order valence-electron chi connectivity index (χ3n) is 3.38. The lowest BCUT2D eigenvalue weighted by Crippen LogP contribution is -1.90. The molecule has 18 heavy (non-hydrogen) atoms. The van der Waals surface area contributed by atoms with E-state index in [1.54, 1.807) is 12.1 Å². The van der Waals surface area contributed by atoms with Crippen LogP contribution in [-0.2, 0) is 0 Å². The number of phenols is 2. The van der Waals surface area contributed by atoms with E-state index in [1.165, 1.54) is 0 Å². The van der Waals surface area contributed by atoms with Gasteiger partial charge in [0.15, 0.2) is 0 Å². The summed E-state index contributed by atoms with van der Waals surface area (Å²) in [6, 6.07) is 7.55. The van der Waals surface area contributed by atoms with Gasteiger partial charge in [0.05, 0.1) is 0 Å². The van der Waals surface area contributed by atoms with Gasteiger partial charge < -0.3 is 10.2 Å². The molecule has 0 atom stereocenters. The molecular formula is C16H18O2. The van der Waals surface area contributed by atoms with Crippen LogP contribution in [0.4, 0.5) is 0 Å². The first kappa shape index (κ1) is 12.5. The molecule has 0 amide bonds. The molecule has 2 aromatic rings. The molecule has 2 rings (SSSR count). The molecule has 2 heteroatoms. The van der Waals surface area contributed by atoms with Gasteiger partial charge in [-0.25, -0.2) is 0 Å². The van der Waals surface area contributed by atoms with Crippen molar-refractivity contribution in [3.8, 4) is 22.6 Å². The van der Waals surface area contributed by atoms with E-state index < -0.39 is 0 Å². The van der Waals surface area contributed by atoms with Crippen LogP contribution in [0.2, 0.25) is 0 Å². The summed E-state index contributed by atoms with van der Waals surface area (Å²) < 4.78 is 0. The van der Waals surface area contributed by atoms with Crippen molar-refractivity contribution in [3.63, 3.8) is 0 Å². The molecule has 2 aromatic carbocycles. The van der Waals surface area contributed by atoms with Gasteiger partial charge in [-0.2, -0.15) is 0 Å². The molecule has 0 aliphatic carbocycles. The van der Waals surface area contributed by atoms with Crippen molar-refractivity contribution in [2.45, 2.75) is 27.7 Å². The van der Waals surface area contributed by atoms with Crippen LogP contribution in [-0.4, -0.2) is 10.2 Å². The van der Waals surface area contributed by atoms with Gasteiger partial charge in [0, 0.05) is 0 Å². The quantitative estimate of drug-likeness (QED) is 0.793. The Bertz CT molecular complexity index is 557. The summed E-state index contributed by atoms with van der Waals surface area (Å²) in [5.74, 6) is 0.647. The first-order chi connectivity index (χ1) is 8.40. The van der Waals surface area contributed by atoms with Crippen molar-refractivity contribution in [1.29, 1.82) is 0 Å². The van der Waals surface area contributed by atoms with Crippen molar-refractivity contribution >= 4 is 0 Å². The number of aryl methyl sites for hydroxylation is 4. The molecule has 2 N–H and O–H groups in total. The van der Waals surface area contributed by atoms with Gasteiger partial charge in [0.1, 0.15) is 11.5 Å². The number of rotatable bonds is 1. The highest BCUT2D eigenvalue weighted by Crippen LogP contribution is 2.34. The minimum absolute atomic E-state index is 0.324. The lowest BCUT2D eigenvalue weighted by Gasteiger charge is -2.13. The van der Waals surface area contributed by atoms with Crippen LogP contribution in [0.5, 0.6) is 11.5 Å². The highest BCUT2D eigenvalue weighted by atomic mass is 16.3. The number of aromatic hydroxyl groups is 2. The lowest BCUT2D eigenvalue weighted by atomic mass is 9.93. The zero-order valence-electron chi connectivity index (χ0n) is 11.2. The third kappa shape index (κ3) is 2.06. The molecule has 0 saturated heterocycles. The zero-order chi connectivity index (χ0) is 13.4. The van der Waals surface area contributed by atoms with Gasteiger partial charge in [-0.3, -0.25) is 0 Å². The summed E-state index contributed by atoms with van der Waals surface area (Å²) in [6.45, 7) is 7.74. The Balaban J connectivity index is 2.69. The second kappa shape index (κ2) is 4.37. The highest BCUT2D eigenvalue weighted by Gasteiger charge is 2.10. The van der Waals surface area contributed by atoms with Crippen molar-refractivity contribution in [2.24, 2.45) is 0 Å². The topological polar surface area (TPSA) is 40.5 Å².